The van der Waals surface area contributed by atoms with Crippen molar-refractivity contribution in [2.75, 3.05) is 31.6 Å². The van der Waals surface area contributed by atoms with E-state index < -0.39 is 0 Å². The third-order valence-corrected chi connectivity index (χ3v) is 4.28. The summed E-state index contributed by atoms with van der Waals surface area (Å²) in [5.74, 6) is 1.52. The van der Waals surface area contributed by atoms with Gasteiger partial charge in [0.15, 0.2) is 0 Å². The fraction of sp³-hybridized carbons (Fsp3) is 0.733. The Hall–Kier alpha value is -1.56. The van der Waals surface area contributed by atoms with Gasteiger partial charge in [0.1, 0.15) is 5.82 Å². The molecule has 0 aromatic carbocycles. The van der Waals surface area contributed by atoms with Crippen molar-refractivity contribution in [2.24, 2.45) is 13.0 Å². The zero-order valence-electron chi connectivity index (χ0n) is 13.6. The van der Waals surface area contributed by atoms with Crippen LogP contribution in [0.25, 0.3) is 0 Å². The molecule has 2 rings (SSSR count). The number of carbonyl (C=O) groups is 1. The third kappa shape index (κ3) is 3.37. The fourth-order valence-electron chi connectivity index (χ4n) is 3.10. The molecular weight excluding hydrogens is 266 g/mol. The number of rotatable bonds is 5. The topological polar surface area (TPSA) is 62.2 Å². The predicted molar refractivity (Wildman–Crippen MR) is 84.3 cm³/mol. The summed E-state index contributed by atoms with van der Waals surface area (Å²) in [4.78, 5) is 14.1. The van der Waals surface area contributed by atoms with E-state index in [2.05, 4.69) is 34.5 Å². The van der Waals surface area contributed by atoms with Crippen molar-refractivity contribution in [3.8, 4) is 0 Å². The average molecular weight is 293 g/mol. The molecule has 6 nitrogen and oxygen atoms in total. The van der Waals surface area contributed by atoms with E-state index in [0.717, 1.165) is 44.7 Å². The molecule has 0 radical (unpaired) electrons. The van der Waals surface area contributed by atoms with Crippen LogP contribution in [0, 0.1) is 12.8 Å². The van der Waals surface area contributed by atoms with Crippen LogP contribution in [0.3, 0.4) is 0 Å². The van der Waals surface area contributed by atoms with Crippen LogP contribution >= 0.6 is 0 Å². The zero-order valence-corrected chi connectivity index (χ0v) is 13.6. The highest BCUT2D eigenvalue weighted by atomic mass is 16.1. The Balaban J connectivity index is 2.11. The summed E-state index contributed by atoms with van der Waals surface area (Å²) in [6.45, 7) is 7.80. The predicted octanol–water partition coefficient (Wildman–Crippen LogP) is 0.800. The Morgan fingerprint density at radius 3 is 2.62 bits per heavy atom. The molecule has 0 unspecified atom stereocenters. The van der Waals surface area contributed by atoms with Crippen LogP contribution in [-0.2, 0) is 18.4 Å². The number of amides is 1. The molecule has 118 valence electrons. The number of anilines is 1. The number of piperidine rings is 1. The standard InChI is InChI=1S/C15H27N5O/c1-5-17-10-13-11(2)18-19(4)15(13)20-8-6-12(7-9-20)14(21)16-3/h12,17H,5-10H2,1-4H3,(H,16,21). The number of carbonyl (C=O) groups excluding carboxylic acids is 1. The molecule has 2 N–H and O–H groups in total. The van der Waals surface area contributed by atoms with E-state index in [0.29, 0.717) is 0 Å². The molecule has 1 amide bonds. The quantitative estimate of drug-likeness (QED) is 0.843. The van der Waals surface area contributed by atoms with Crippen molar-refractivity contribution >= 4 is 11.7 Å². The molecule has 1 aliphatic rings. The smallest absolute Gasteiger partial charge is 0.222 e. The van der Waals surface area contributed by atoms with Crippen LogP contribution in [0.1, 0.15) is 31.0 Å². The first-order chi connectivity index (χ1) is 10.1. The fourth-order valence-corrected chi connectivity index (χ4v) is 3.10. The monoisotopic (exact) mass is 293 g/mol. The van der Waals surface area contributed by atoms with Gasteiger partial charge in [0, 0.05) is 45.2 Å². The van der Waals surface area contributed by atoms with E-state index in [-0.39, 0.29) is 11.8 Å². The van der Waals surface area contributed by atoms with Crippen LogP contribution in [0.4, 0.5) is 5.82 Å². The molecule has 21 heavy (non-hydrogen) atoms. The van der Waals surface area contributed by atoms with Crippen LogP contribution in [0.5, 0.6) is 0 Å². The Labute approximate surface area is 126 Å². The maximum absolute atomic E-state index is 11.7. The van der Waals surface area contributed by atoms with E-state index in [1.807, 2.05) is 11.7 Å². The molecular formula is C15H27N5O. The van der Waals surface area contributed by atoms with Gasteiger partial charge in [0.05, 0.1) is 5.69 Å². The zero-order chi connectivity index (χ0) is 15.4. The van der Waals surface area contributed by atoms with E-state index in [1.165, 1.54) is 11.4 Å². The third-order valence-electron chi connectivity index (χ3n) is 4.28. The molecule has 1 fully saturated rings. The summed E-state index contributed by atoms with van der Waals surface area (Å²) >= 11 is 0. The van der Waals surface area contributed by atoms with Gasteiger partial charge in [0.2, 0.25) is 5.91 Å². The Morgan fingerprint density at radius 2 is 2.05 bits per heavy atom. The lowest BCUT2D eigenvalue weighted by Crippen LogP contribution is -2.40. The van der Waals surface area contributed by atoms with Gasteiger partial charge in [-0.15, -0.1) is 0 Å². The van der Waals surface area contributed by atoms with Crippen LogP contribution in [-0.4, -0.2) is 42.4 Å². The number of hydrogen-bond acceptors (Lipinski definition) is 4. The minimum atomic E-state index is 0.151. The lowest BCUT2D eigenvalue weighted by molar-refractivity contribution is -0.125. The Morgan fingerprint density at radius 1 is 1.38 bits per heavy atom. The van der Waals surface area contributed by atoms with Gasteiger partial charge in [-0.25, -0.2) is 0 Å². The summed E-state index contributed by atoms with van der Waals surface area (Å²) < 4.78 is 1.97. The molecule has 2 heterocycles. The Kier molecular flexibility index (Phi) is 5.22. The second kappa shape index (κ2) is 6.93. The molecule has 1 aromatic heterocycles. The van der Waals surface area contributed by atoms with Crippen molar-refractivity contribution in [3.05, 3.63) is 11.3 Å². The largest absolute Gasteiger partial charge is 0.359 e. The molecule has 0 saturated carbocycles. The lowest BCUT2D eigenvalue weighted by Gasteiger charge is -2.33. The van der Waals surface area contributed by atoms with Gasteiger partial charge >= 0.3 is 0 Å². The Bertz CT molecular complexity index is 488. The van der Waals surface area contributed by atoms with Crippen molar-refractivity contribution in [1.29, 1.82) is 0 Å². The SMILES string of the molecule is CCNCc1c(C)nn(C)c1N1CCC(C(=O)NC)CC1. The first-order valence-electron chi connectivity index (χ1n) is 7.78. The maximum Gasteiger partial charge on any atom is 0.222 e. The summed E-state index contributed by atoms with van der Waals surface area (Å²) in [5, 5.41) is 10.7. The molecule has 0 spiro atoms. The molecule has 0 atom stereocenters. The van der Waals surface area contributed by atoms with Gasteiger partial charge in [-0.3, -0.25) is 9.48 Å². The minimum absolute atomic E-state index is 0.151. The second-order valence-corrected chi connectivity index (χ2v) is 5.67. The number of hydrogen-bond donors (Lipinski definition) is 2. The van der Waals surface area contributed by atoms with Crippen molar-refractivity contribution < 1.29 is 4.79 Å². The highest BCUT2D eigenvalue weighted by molar-refractivity contribution is 5.78. The van der Waals surface area contributed by atoms with Crippen molar-refractivity contribution in [3.63, 3.8) is 0 Å². The average Bonchev–Trinajstić information content (AvgIpc) is 2.78. The maximum atomic E-state index is 11.7. The van der Waals surface area contributed by atoms with Crippen LogP contribution < -0.4 is 15.5 Å². The van der Waals surface area contributed by atoms with Crippen LogP contribution in [0.15, 0.2) is 0 Å². The summed E-state index contributed by atoms with van der Waals surface area (Å²) in [6, 6.07) is 0. The van der Waals surface area contributed by atoms with Crippen molar-refractivity contribution in [2.45, 2.75) is 33.2 Å². The molecule has 1 aromatic rings. The lowest BCUT2D eigenvalue weighted by atomic mass is 9.95. The molecule has 1 saturated heterocycles. The van der Waals surface area contributed by atoms with Gasteiger partial charge in [-0.05, 0) is 26.3 Å². The minimum Gasteiger partial charge on any atom is -0.359 e. The van der Waals surface area contributed by atoms with E-state index in [1.54, 1.807) is 7.05 Å². The summed E-state index contributed by atoms with van der Waals surface area (Å²) in [7, 11) is 3.72. The highest BCUT2D eigenvalue weighted by Gasteiger charge is 2.27. The first-order valence-corrected chi connectivity index (χ1v) is 7.78. The number of aromatic nitrogens is 2. The van der Waals surface area contributed by atoms with Gasteiger partial charge in [-0.2, -0.15) is 5.10 Å². The van der Waals surface area contributed by atoms with Gasteiger partial charge < -0.3 is 15.5 Å². The molecule has 6 heteroatoms. The van der Waals surface area contributed by atoms with E-state index in [4.69, 9.17) is 0 Å². The van der Waals surface area contributed by atoms with Gasteiger partial charge in [-0.1, -0.05) is 6.92 Å². The molecule has 0 aliphatic carbocycles. The first kappa shape index (κ1) is 15.8. The molecule has 1 aliphatic heterocycles. The second-order valence-electron chi connectivity index (χ2n) is 5.67. The van der Waals surface area contributed by atoms with Crippen LogP contribution in [0.2, 0.25) is 0 Å². The highest BCUT2D eigenvalue weighted by Crippen LogP contribution is 2.28. The van der Waals surface area contributed by atoms with Crippen molar-refractivity contribution in [1.82, 2.24) is 20.4 Å². The number of nitrogens with zero attached hydrogens (tertiary/aromatic N) is 3. The number of aryl methyl sites for hydroxylation is 2. The van der Waals surface area contributed by atoms with E-state index in [9.17, 15) is 4.79 Å². The normalized spacial score (nSPS) is 16.3. The number of nitrogens with one attached hydrogen (secondary N) is 2. The summed E-state index contributed by atoms with van der Waals surface area (Å²) in [6.07, 6.45) is 1.81. The summed E-state index contributed by atoms with van der Waals surface area (Å²) in [5.41, 5.74) is 2.36. The van der Waals surface area contributed by atoms with Gasteiger partial charge in [0.25, 0.3) is 0 Å². The van der Waals surface area contributed by atoms with E-state index >= 15 is 0 Å². The molecule has 0 bridgehead atoms.